The van der Waals surface area contributed by atoms with Crippen LogP contribution in [0.15, 0.2) is 30.3 Å². The number of ether oxygens (including phenoxy) is 1. The summed E-state index contributed by atoms with van der Waals surface area (Å²) in [6.45, 7) is 5.89. The van der Waals surface area contributed by atoms with Gasteiger partial charge in [0, 0.05) is 38.9 Å². The van der Waals surface area contributed by atoms with Crippen LogP contribution >= 0.6 is 0 Å². The molecule has 0 unspecified atom stereocenters. The highest BCUT2D eigenvalue weighted by Gasteiger charge is 2.43. The topological polar surface area (TPSA) is 32.8 Å². The van der Waals surface area contributed by atoms with Crippen molar-refractivity contribution in [2.75, 3.05) is 38.3 Å². The average molecular weight is 330 g/mol. The van der Waals surface area contributed by atoms with Crippen molar-refractivity contribution in [3.63, 3.8) is 0 Å². The first kappa shape index (κ1) is 17.4. The van der Waals surface area contributed by atoms with Gasteiger partial charge in [0.15, 0.2) is 0 Å². The molecule has 4 nitrogen and oxygen atoms in total. The van der Waals surface area contributed by atoms with Gasteiger partial charge in [-0.25, -0.2) is 0 Å². The zero-order chi connectivity index (χ0) is 17.0. The van der Waals surface area contributed by atoms with E-state index in [-0.39, 0.29) is 11.4 Å². The molecule has 132 valence electrons. The lowest BCUT2D eigenvalue weighted by Crippen LogP contribution is -2.60. The summed E-state index contributed by atoms with van der Waals surface area (Å²) >= 11 is 0. The molecule has 1 aromatic carbocycles. The molecule has 1 aliphatic carbocycles. The third-order valence-corrected chi connectivity index (χ3v) is 5.45. The van der Waals surface area contributed by atoms with Crippen molar-refractivity contribution in [3.8, 4) is 0 Å². The molecule has 2 aliphatic rings. The lowest BCUT2D eigenvalue weighted by Gasteiger charge is -2.48. The third-order valence-electron chi connectivity index (χ3n) is 5.45. The molecule has 1 amide bonds. The number of hydrogen-bond acceptors (Lipinski definition) is 3. The summed E-state index contributed by atoms with van der Waals surface area (Å²) in [7, 11) is 1.75. The summed E-state index contributed by atoms with van der Waals surface area (Å²) in [5, 5.41) is 0. The molecule has 4 heteroatoms. The van der Waals surface area contributed by atoms with Crippen LogP contribution in [-0.4, -0.2) is 49.7 Å². The minimum atomic E-state index is -0.219. The second-order valence-electron chi connectivity index (χ2n) is 7.32. The predicted molar refractivity (Wildman–Crippen MR) is 97.2 cm³/mol. The van der Waals surface area contributed by atoms with Gasteiger partial charge in [-0.3, -0.25) is 4.79 Å². The first-order valence-corrected chi connectivity index (χ1v) is 9.28. The first-order chi connectivity index (χ1) is 11.7. The largest absolute Gasteiger partial charge is 0.382 e. The van der Waals surface area contributed by atoms with Crippen LogP contribution in [0, 0.1) is 5.92 Å². The number of likely N-dealkylation sites (tertiary alicyclic amines) is 1. The number of benzene rings is 1. The average Bonchev–Trinajstić information content (AvgIpc) is 3.42. The van der Waals surface area contributed by atoms with Crippen molar-refractivity contribution in [3.05, 3.63) is 30.3 Å². The molecule has 0 radical (unpaired) electrons. The van der Waals surface area contributed by atoms with E-state index in [1.54, 1.807) is 7.11 Å². The summed E-state index contributed by atoms with van der Waals surface area (Å²) in [5.41, 5.74) is 0.778. The molecule has 0 atom stereocenters. The maximum Gasteiger partial charge on any atom is 0.227 e. The number of nitrogens with zero attached hydrogens (tertiary/aromatic N) is 2. The fraction of sp³-hybridized carbons (Fsp3) is 0.650. The Bertz CT molecular complexity index is 534. The van der Waals surface area contributed by atoms with Crippen molar-refractivity contribution in [1.29, 1.82) is 0 Å². The number of carbonyl (C=O) groups excluding carboxylic acids is 1. The molecule has 1 saturated heterocycles. The minimum absolute atomic E-state index is 0.189. The van der Waals surface area contributed by atoms with Gasteiger partial charge < -0.3 is 14.5 Å². The van der Waals surface area contributed by atoms with Crippen molar-refractivity contribution in [1.82, 2.24) is 4.90 Å². The van der Waals surface area contributed by atoms with Gasteiger partial charge in [0.1, 0.15) is 0 Å². The smallest absolute Gasteiger partial charge is 0.227 e. The van der Waals surface area contributed by atoms with Gasteiger partial charge >= 0.3 is 0 Å². The monoisotopic (exact) mass is 330 g/mol. The Balaban J connectivity index is 1.82. The summed E-state index contributed by atoms with van der Waals surface area (Å²) < 4.78 is 5.60. The number of hydrogen-bond donors (Lipinski definition) is 0. The van der Waals surface area contributed by atoms with E-state index >= 15 is 0 Å². The van der Waals surface area contributed by atoms with Crippen LogP contribution in [-0.2, 0) is 9.53 Å². The Morgan fingerprint density at radius 3 is 2.46 bits per heavy atom. The lowest BCUT2D eigenvalue weighted by molar-refractivity contribution is -0.120. The van der Waals surface area contributed by atoms with Crippen LogP contribution < -0.4 is 4.90 Å². The normalized spacial score (nSPS) is 20.8. The highest BCUT2D eigenvalue weighted by Crippen LogP contribution is 2.36. The van der Waals surface area contributed by atoms with E-state index in [0.29, 0.717) is 13.0 Å². The molecule has 0 bridgehead atoms. The van der Waals surface area contributed by atoms with Crippen LogP contribution in [0.5, 0.6) is 0 Å². The van der Waals surface area contributed by atoms with Crippen molar-refractivity contribution < 1.29 is 9.53 Å². The van der Waals surface area contributed by atoms with Gasteiger partial charge in [-0.05, 0) is 43.7 Å². The summed E-state index contributed by atoms with van der Waals surface area (Å²) in [6, 6.07) is 10.1. The molecular formula is C20H30N2O2. The molecule has 0 spiro atoms. The summed E-state index contributed by atoms with van der Waals surface area (Å²) in [5.74, 6) is 1.11. The van der Waals surface area contributed by atoms with E-state index in [1.165, 1.54) is 19.4 Å². The Labute approximate surface area is 145 Å². The Morgan fingerprint density at radius 2 is 1.92 bits per heavy atom. The fourth-order valence-electron chi connectivity index (χ4n) is 3.94. The Morgan fingerprint density at radius 1 is 1.25 bits per heavy atom. The summed E-state index contributed by atoms with van der Waals surface area (Å²) in [4.78, 5) is 17.4. The molecular weight excluding hydrogens is 300 g/mol. The molecule has 1 aliphatic heterocycles. The highest BCUT2D eigenvalue weighted by atomic mass is 16.5. The Kier molecular flexibility index (Phi) is 5.57. The SMILES string of the molecule is CCC(=O)N(c1ccccc1)C1(COC)CCN(CC2CC2)CC1. The number of anilines is 1. The van der Waals surface area contributed by atoms with Gasteiger partial charge in [-0.2, -0.15) is 0 Å². The quantitative estimate of drug-likeness (QED) is 0.769. The van der Waals surface area contributed by atoms with Crippen LogP contribution in [0.3, 0.4) is 0 Å². The molecule has 1 aromatic rings. The van der Waals surface area contributed by atoms with Gasteiger partial charge in [-0.1, -0.05) is 25.1 Å². The van der Waals surface area contributed by atoms with Crippen molar-refractivity contribution in [2.45, 2.75) is 44.6 Å². The van der Waals surface area contributed by atoms with Gasteiger partial charge in [0.05, 0.1) is 12.1 Å². The van der Waals surface area contributed by atoms with Crippen LogP contribution in [0.25, 0.3) is 0 Å². The molecule has 1 saturated carbocycles. The number of para-hydroxylation sites is 1. The third kappa shape index (κ3) is 3.81. The second kappa shape index (κ2) is 7.66. The number of methoxy groups -OCH3 is 1. The fourth-order valence-corrected chi connectivity index (χ4v) is 3.94. The molecule has 3 rings (SSSR count). The van der Waals surface area contributed by atoms with E-state index in [0.717, 1.165) is 37.5 Å². The number of rotatable bonds is 7. The molecule has 0 N–H and O–H groups in total. The summed E-state index contributed by atoms with van der Waals surface area (Å²) in [6.07, 6.45) is 5.27. The molecule has 1 heterocycles. The van der Waals surface area contributed by atoms with Crippen LogP contribution in [0.4, 0.5) is 5.69 Å². The van der Waals surface area contributed by atoms with Gasteiger partial charge in [-0.15, -0.1) is 0 Å². The predicted octanol–water partition coefficient (Wildman–Crippen LogP) is 3.32. The van der Waals surface area contributed by atoms with Crippen LogP contribution in [0.1, 0.15) is 39.0 Å². The van der Waals surface area contributed by atoms with E-state index in [1.807, 2.05) is 42.2 Å². The van der Waals surface area contributed by atoms with Crippen molar-refractivity contribution in [2.24, 2.45) is 5.92 Å². The van der Waals surface area contributed by atoms with E-state index in [4.69, 9.17) is 4.74 Å². The van der Waals surface area contributed by atoms with Crippen LogP contribution in [0.2, 0.25) is 0 Å². The van der Waals surface area contributed by atoms with Gasteiger partial charge in [0.2, 0.25) is 5.91 Å². The molecule has 24 heavy (non-hydrogen) atoms. The first-order valence-electron chi connectivity index (χ1n) is 9.28. The van der Waals surface area contributed by atoms with E-state index in [2.05, 4.69) is 4.90 Å². The minimum Gasteiger partial charge on any atom is -0.382 e. The van der Waals surface area contributed by atoms with E-state index < -0.39 is 0 Å². The standard InChI is InChI=1S/C20H30N2O2/c1-3-19(23)22(18-7-5-4-6-8-18)20(16-24-2)11-13-21(14-12-20)15-17-9-10-17/h4-8,17H,3,9-16H2,1-2H3. The van der Waals surface area contributed by atoms with Crippen molar-refractivity contribution >= 4 is 11.6 Å². The maximum absolute atomic E-state index is 12.8. The number of amides is 1. The second-order valence-corrected chi connectivity index (χ2v) is 7.32. The zero-order valence-corrected chi connectivity index (χ0v) is 15.0. The van der Waals surface area contributed by atoms with Gasteiger partial charge in [0.25, 0.3) is 0 Å². The Hall–Kier alpha value is -1.39. The number of piperidine rings is 1. The van der Waals surface area contributed by atoms with E-state index in [9.17, 15) is 4.79 Å². The maximum atomic E-state index is 12.8. The molecule has 0 aromatic heterocycles. The highest BCUT2D eigenvalue weighted by molar-refractivity contribution is 5.94. The number of carbonyl (C=O) groups is 1. The molecule has 2 fully saturated rings. The zero-order valence-electron chi connectivity index (χ0n) is 15.0. The lowest BCUT2D eigenvalue weighted by atomic mass is 9.85.